The van der Waals surface area contributed by atoms with Crippen LogP contribution in [-0.2, 0) is 14.8 Å². The zero-order valence-corrected chi connectivity index (χ0v) is 9.48. The molecule has 14 heavy (non-hydrogen) atoms. The molecule has 1 aliphatic heterocycles. The van der Waals surface area contributed by atoms with Gasteiger partial charge >= 0.3 is 0 Å². The summed E-state index contributed by atoms with van der Waals surface area (Å²) >= 11 is 0. The van der Waals surface area contributed by atoms with Gasteiger partial charge in [0.25, 0.3) is 0 Å². The lowest BCUT2D eigenvalue weighted by Crippen LogP contribution is -2.28. The Hall–Kier alpha value is -0.130. The van der Waals surface area contributed by atoms with Gasteiger partial charge in [-0.1, -0.05) is 6.92 Å². The monoisotopic (exact) mass is 221 g/mol. The quantitative estimate of drug-likeness (QED) is 0.720. The van der Waals surface area contributed by atoms with Gasteiger partial charge in [0.1, 0.15) is 0 Å². The second-order valence-corrected chi connectivity index (χ2v) is 5.66. The molecule has 84 valence electrons. The fraction of sp³-hybridized carbons (Fsp3) is 1.00. The first kappa shape index (κ1) is 11.9. The number of rotatable bonds is 6. The van der Waals surface area contributed by atoms with Crippen molar-refractivity contribution in [2.24, 2.45) is 5.92 Å². The van der Waals surface area contributed by atoms with Crippen LogP contribution in [0.2, 0.25) is 0 Å². The molecule has 1 rings (SSSR count). The van der Waals surface area contributed by atoms with Crippen LogP contribution < -0.4 is 4.72 Å². The summed E-state index contributed by atoms with van der Waals surface area (Å²) in [5.74, 6) is 0.771. The van der Waals surface area contributed by atoms with E-state index in [0.717, 1.165) is 26.1 Å². The standard InChI is InChI=1S/C9H19NO3S/c1-2-7-14(11,12)10-5-3-9-4-6-13-8-9/h9-10H,2-8H2,1H3. The first-order valence-corrected chi connectivity index (χ1v) is 6.84. The predicted octanol–water partition coefficient (Wildman–Crippen LogP) is 0.742. The average molecular weight is 221 g/mol. The predicted molar refractivity (Wildman–Crippen MR) is 55.6 cm³/mol. The summed E-state index contributed by atoms with van der Waals surface area (Å²) in [7, 11) is -3.01. The van der Waals surface area contributed by atoms with Gasteiger partial charge in [0.05, 0.1) is 5.75 Å². The van der Waals surface area contributed by atoms with Crippen molar-refractivity contribution in [1.29, 1.82) is 0 Å². The minimum atomic E-state index is -3.01. The van der Waals surface area contributed by atoms with Crippen LogP contribution in [0.3, 0.4) is 0 Å². The fourth-order valence-corrected chi connectivity index (χ4v) is 2.68. The highest BCUT2D eigenvalue weighted by Crippen LogP contribution is 2.15. The van der Waals surface area contributed by atoms with Crippen molar-refractivity contribution in [2.75, 3.05) is 25.5 Å². The Morgan fingerprint density at radius 1 is 1.50 bits per heavy atom. The third-order valence-corrected chi connectivity index (χ3v) is 3.96. The fourth-order valence-electron chi connectivity index (χ4n) is 1.57. The molecule has 5 heteroatoms. The molecule has 0 aromatic rings. The number of hydrogen-bond acceptors (Lipinski definition) is 3. The van der Waals surface area contributed by atoms with Crippen LogP contribution in [0.15, 0.2) is 0 Å². The Morgan fingerprint density at radius 2 is 2.29 bits per heavy atom. The second kappa shape index (κ2) is 5.68. The van der Waals surface area contributed by atoms with E-state index in [4.69, 9.17) is 4.74 Å². The first-order chi connectivity index (χ1) is 6.64. The van der Waals surface area contributed by atoms with Gasteiger partial charge < -0.3 is 4.74 Å². The third-order valence-electron chi connectivity index (χ3n) is 2.37. The number of ether oxygens (including phenoxy) is 1. The molecule has 1 unspecified atom stereocenters. The van der Waals surface area contributed by atoms with E-state index >= 15 is 0 Å². The van der Waals surface area contributed by atoms with E-state index in [9.17, 15) is 8.42 Å². The lowest BCUT2D eigenvalue weighted by molar-refractivity contribution is 0.184. The lowest BCUT2D eigenvalue weighted by Gasteiger charge is -2.08. The van der Waals surface area contributed by atoms with Crippen molar-refractivity contribution >= 4 is 10.0 Å². The maximum atomic E-state index is 11.3. The molecule has 1 saturated heterocycles. The van der Waals surface area contributed by atoms with E-state index < -0.39 is 10.0 Å². The van der Waals surface area contributed by atoms with Crippen LogP contribution in [0, 0.1) is 5.92 Å². The van der Waals surface area contributed by atoms with Crippen molar-refractivity contribution in [2.45, 2.75) is 26.2 Å². The number of nitrogens with one attached hydrogen (secondary N) is 1. The SMILES string of the molecule is CCCS(=O)(=O)NCCC1CCOC1. The average Bonchev–Trinajstić information content (AvgIpc) is 2.56. The maximum Gasteiger partial charge on any atom is 0.211 e. The van der Waals surface area contributed by atoms with E-state index in [2.05, 4.69) is 4.72 Å². The summed E-state index contributed by atoms with van der Waals surface area (Å²) in [6.07, 6.45) is 2.63. The molecule has 0 saturated carbocycles. The van der Waals surface area contributed by atoms with Crippen LogP contribution in [0.4, 0.5) is 0 Å². The molecule has 1 aliphatic rings. The van der Waals surface area contributed by atoms with Gasteiger partial charge in [0.2, 0.25) is 10.0 Å². The van der Waals surface area contributed by atoms with Crippen molar-refractivity contribution < 1.29 is 13.2 Å². The molecule has 0 bridgehead atoms. The molecular formula is C9H19NO3S. The van der Waals surface area contributed by atoms with Crippen LogP contribution in [0.25, 0.3) is 0 Å². The molecule has 0 amide bonds. The highest BCUT2D eigenvalue weighted by atomic mass is 32.2. The van der Waals surface area contributed by atoms with E-state index in [0.29, 0.717) is 18.9 Å². The van der Waals surface area contributed by atoms with Crippen molar-refractivity contribution in [3.05, 3.63) is 0 Å². The van der Waals surface area contributed by atoms with E-state index in [-0.39, 0.29) is 5.75 Å². The zero-order valence-electron chi connectivity index (χ0n) is 8.66. The Morgan fingerprint density at radius 3 is 2.86 bits per heavy atom. The Kier molecular flexibility index (Phi) is 4.84. The van der Waals surface area contributed by atoms with Crippen molar-refractivity contribution in [3.8, 4) is 0 Å². The van der Waals surface area contributed by atoms with E-state index in [1.54, 1.807) is 0 Å². The maximum absolute atomic E-state index is 11.3. The number of hydrogen-bond donors (Lipinski definition) is 1. The zero-order chi connectivity index (χ0) is 10.4. The Labute approximate surface area is 86.1 Å². The lowest BCUT2D eigenvalue weighted by atomic mass is 10.1. The topological polar surface area (TPSA) is 55.4 Å². The summed E-state index contributed by atoms with van der Waals surface area (Å²) in [5.41, 5.74) is 0. The molecule has 0 aromatic heterocycles. The van der Waals surface area contributed by atoms with Crippen molar-refractivity contribution in [1.82, 2.24) is 4.72 Å². The van der Waals surface area contributed by atoms with E-state index in [1.807, 2.05) is 6.92 Å². The molecule has 0 spiro atoms. The molecule has 1 atom stereocenters. The Bertz CT molecular complexity index is 245. The normalized spacial score (nSPS) is 22.8. The van der Waals surface area contributed by atoms with Gasteiger partial charge in [-0.2, -0.15) is 0 Å². The second-order valence-electron chi connectivity index (χ2n) is 3.73. The molecule has 0 radical (unpaired) electrons. The highest BCUT2D eigenvalue weighted by molar-refractivity contribution is 7.89. The van der Waals surface area contributed by atoms with E-state index in [1.165, 1.54) is 0 Å². The molecule has 4 nitrogen and oxygen atoms in total. The molecule has 0 aliphatic carbocycles. The Balaban J connectivity index is 2.13. The van der Waals surface area contributed by atoms with Gasteiger partial charge in [-0.25, -0.2) is 13.1 Å². The van der Waals surface area contributed by atoms with Crippen molar-refractivity contribution in [3.63, 3.8) is 0 Å². The summed E-state index contributed by atoms with van der Waals surface area (Å²) in [5, 5.41) is 0. The van der Waals surface area contributed by atoms with Gasteiger partial charge in [-0.05, 0) is 25.2 Å². The van der Waals surface area contributed by atoms with Gasteiger partial charge in [0.15, 0.2) is 0 Å². The molecular weight excluding hydrogens is 202 g/mol. The summed E-state index contributed by atoms with van der Waals surface area (Å²) in [4.78, 5) is 0. The van der Waals surface area contributed by atoms with Gasteiger partial charge in [-0.3, -0.25) is 0 Å². The minimum absolute atomic E-state index is 0.230. The third kappa shape index (κ3) is 4.39. The molecule has 1 N–H and O–H groups in total. The molecule has 1 heterocycles. The van der Waals surface area contributed by atoms with Gasteiger partial charge in [0, 0.05) is 19.8 Å². The van der Waals surface area contributed by atoms with Crippen LogP contribution in [0.1, 0.15) is 26.2 Å². The summed E-state index contributed by atoms with van der Waals surface area (Å²) in [6.45, 7) is 4.03. The minimum Gasteiger partial charge on any atom is -0.381 e. The van der Waals surface area contributed by atoms with Gasteiger partial charge in [-0.15, -0.1) is 0 Å². The summed E-state index contributed by atoms with van der Waals surface area (Å²) in [6, 6.07) is 0. The number of sulfonamides is 1. The van der Waals surface area contributed by atoms with Crippen LogP contribution in [-0.4, -0.2) is 33.9 Å². The smallest absolute Gasteiger partial charge is 0.211 e. The molecule has 0 aromatic carbocycles. The molecule has 1 fully saturated rings. The highest BCUT2D eigenvalue weighted by Gasteiger charge is 2.16. The van der Waals surface area contributed by atoms with Crippen LogP contribution in [0.5, 0.6) is 0 Å². The largest absolute Gasteiger partial charge is 0.381 e. The van der Waals surface area contributed by atoms with Crippen LogP contribution >= 0.6 is 0 Å². The first-order valence-electron chi connectivity index (χ1n) is 5.19. The summed E-state index contributed by atoms with van der Waals surface area (Å²) < 4.78 is 30.3.